The number of likely N-dealkylation sites (tertiary alicyclic amines) is 1. The monoisotopic (exact) mass is 354 g/mol. The second-order valence-corrected chi connectivity index (χ2v) is 7.39. The summed E-state index contributed by atoms with van der Waals surface area (Å²) in [5.74, 6) is 0.469. The van der Waals surface area contributed by atoms with Crippen LogP contribution < -0.4 is 5.32 Å². The number of ether oxygens (including phenoxy) is 1. The third kappa shape index (κ3) is 5.23. The molecule has 1 saturated heterocycles. The van der Waals surface area contributed by atoms with E-state index >= 15 is 0 Å². The minimum absolute atomic E-state index is 0.201. The Kier molecular flexibility index (Phi) is 5.14. The Morgan fingerprint density at radius 3 is 2.90 bits per heavy atom. The quantitative estimate of drug-likeness (QED) is 0.887. The summed E-state index contributed by atoms with van der Waals surface area (Å²) in [5.41, 5.74) is 0.670. The van der Waals surface area contributed by atoms with Crippen LogP contribution >= 0.6 is 15.9 Å². The number of benzene rings is 1. The van der Waals surface area contributed by atoms with Crippen molar-refractivity contribution in [3.05, 3.63) is 28.7 Å². The van der Waals surface area contributed by atoms with Crippen LogP contribution in [0.15, 0.2) is 28.7 Å². The van der Waals surface area contributed by atoms with E-state index in [1.54, 1.807) is 4.90 Å². The van der Waals surface area contributed by atoms with Gasteiger partial charge in [-0.2, -0.15) is 0 Å². The van der Waals surface area contributed by atoms with Crippen molar-refractivity contribution in [2.45, 2.75) is 32.8 Å². The summed E-state index contributed by atoms with van der Waals surface area (Å²) >= 11 is 3.46. The summed E-state index contributed by atoms with van der Waals surface area (Å²) in [5, 5.41) is 3.43. The van der Waals surface area contributed by atoms with E-state index in [1.807, 2.05) is 39.0 Å². The molecule has 1 amide bonds. The Bertz CT molecular complexity index is 499. The molecule has 1 atom stereocenters. The first-order chi connectivity index (χ1) is 9.83. The average Bonchev–Trinajstić information content (AvgIpc) is 2.83. The van der Waals surface area contributed by atoms with E-state index in [-0.39, 0.29) is 6.09 Å². The zero-order valence-corrected chi connectivity index (χ0v) is 14.4. The first-order valence-electron chi connectivity index (χ1n) is 7.31. The maximum Gasteiger partial charge on any atom is 0.410 e. The SMILES string of the molecule is CC(C)(C)OC(=O)N1CC[C@@H](CNc2cccc(Br)c2)C1. The van der Waals surface area contributed by atoms with Gasteiger partial charge in [0, 0.05) is 29.8 Å². The number of halogens is 1. The summed E-state index contributed by atoms with van der Waals surface area (Å²) in [4.78, 5) is 13.8. The molecule has 21 heavy (non-hydrogen) atoms. The number of nitrogens with one attached hydrogen (secondary N) is 1. The van der Waals surface area contributed by atoms with E-state index in [2.05, 4.69) is 27.3 Å². The molecule has 2 rings (SSSR count). The molecule has 5 heteroatoms. The van der Waals surface area contributed by atoms with Gasteiger partial charge in [-0.1, -0.05) is 22.0 Å². The molecular formula is C16H23BrN2O2. The fraction of sp³-hybridized carbons (Fsp3) is 0.562. The van der Waals surface area contributed by atoms with E-state index in [0.29, 0.717) is 5.92 Å². The van der Waals surface area contributed by atoms with Crippen LogP contribution in [0.2, 0.25) is 0 Å². The Labute approximate surface area is 135 Å². The minimum Gasteiger partial charge on any atom is -0.444 e. The smallest absolute Gasteiger partial charge is 0.410 e. The highest BCUT2D eigenvalue weighted by molar-refractivity contribution is 9.10. The van der Waals surface area contributed by atoms with E-state index < -0.39 is 5.60 Å². The molecule has 4 nitrogen and oxygen atoms in total. The maximum absolute atomic E-state index is 12.0. The fourth-order valence-corrected chi connectivity index (χ4v) is 2.75. The maximum atomic E-state index is 12.0. The van der Waals surface area contributed by atoms with Crippen LogP contribution in [0.5, 0.6) is 0 Å². The second-order valence-electron chi connectivity index (χ2n) is 6.47. The number of rotatable bonds is 3. The molecule has 0 saturated carbocycles. The lowest BCUT2D eigenvalue weighted by atomic mass is 10.1. The van der Waals surface area contributed by atoms with Gasteiger partial charge in [-0.25, -0.2) is 4.79 Å². The van der Waals surface area contributed by atoms with Crippen molar-refractivity contribution in [2.24, 2.45) is 5.92 Å². The Balaban J connectivity index is 1.79. The molecule has 116 valence electrons. The molecule has 1 N–H and O–H groups in total. The molecule has 1 fully saturated rings. The molecule has 1 aliphatic rings. The highest BCUT2D eigenvalue weighted by Crippen LogP contribution is 2.21. The third-order valence-electron chi connectivity index (χ3n) is 3.36. The topological polar surface area (TPSA) is 41.6 Å². The summed E-state index contributed by atoms with van der Waals surface area (Å²) in [6.45, 7) is 8.10. The van der Waals surface area contributed by atoms with Gasteiger partial charge >= 0.3 is 6.09 Å². The number of hydrogen-bond donors (Lipinski definition) is 1. The summed E-state index contributed by atoms with van der Waals surface area (Å²) in [6.07, 6.45) is 0.813. The fourth-order valence-electron chi connectivity index (χ4n) is 2.35. The molecule has 1 heterocycles. The van der Waals surface area contributed by atoms with Gasteiger partial charge in [0.2, 0.25) is 0 Å². The molecule has 1 aromatic carbocycles. The van der Waals surface area contributed by atoms with Crippen LogP contribution in [-0.2, 0) is 4.74 Å². The zero-order valence-electron chi connectivity index (χ0n) is 12.9. The first kappa shape index (κ1) is 16.1. The highest BCUT2D eigenvalue weighted by atomic mass is 79.9. The molecule has 0 unspecified atom stereocenters. The number of carbonyl (C=O) groups is 1. The van der Waals surface area contributed by atoms with Crippen molar-refractivity contribution >= 4 is 27.7 Å². The lowest BCUT2D eigenvalue weighted by Gasteiger charge is -2.24. The molecule has 1 aromatic rings. The third-order valence-corrected chi connectivity index (χ3v) is 3.85. The van der Waals surface area contributed by atoms with Crippen molar-refractivity contribution in [1.82, 2.24) is 4.90 Å². The largest absolute Gasteiger partial charge is 0.444 e. The van der Waals surface area contributed by atoms with E-state index in [4.69, 9.17) is 4.74 Å². The predicted molar refractivity (Wildman–Crippen MR) is 88.5 cm³/mol. The molecule has 0 bridgehead atoms. The van der Waals surface area contributed by atoms with E-state index in [9.17, 15) is 4.79 Å². The normalized spacial score (nSPS) is 18.7. The molecule has 1 aliphatic heterocycles. The van der Waals surface area contributed by atoms with Gasteiger partial charge in [0.15, 0.2) is 0 Å². The van der Waals surface area contributed by atoms with Gasteiger partial charge in [-0.05, 0) is 51.3 Å². The molecule has 0 aromatic heterocycles. The van der Waals surface area contributed by atoms with Crippen LogP contribution in [0.3, 0.4) is 0 Å². The molecule has 0 aliphatic carbocycles. The zero-order chi connectivity index (χ0) is 15.5. The second kappa shape index (κ2) is 6.69. The number of hydrogen-bond acceptors (Lipinski definition) is 3. The van der Waals surface area contributed by atoms with Gasteiger partial charge in [-0.3, -0.25) is 0 Å². The van der Waals surface area contributed by atoms with Gasteiger partial charge in [-0.15, -0.1) is 0 Å². The lowest BCUT2D eigenvalue weighted by molar-refractivity contribution is 0.0289. The van der Waals surface area contributed by atoms with Gasteiger partial charge in [0.05, 0.1) is 0 Å². The van der Waals surface area contributed by atoms with Gasteiger partial charge in [0.25, 0.3) is 0 Å². The van der Waals surface area contributed by atoms with Crippen LogP contribution in [0.1, 0.15) is 27.2 Å². The van der Waals surface area contributed by atoms with Crippen molar-refractivity contribution in [3.8, 4) is 0 Å². The van der Waals surface area contributed by atoms with Gasteiger partial charge in [0.1, 0.15) is 5.60 Å². The average molecular weight is 355 g/mol. The number of nitrogens with zero attached hydrogens (tertiary/aromatic N) is 1. The lowest BCUT2D eigenvalue weighted by Crippen LogP contribution is -2.35. The Morgan fingerprint density at radius 2 is 2.24 bits per heavy atom. The van der Waals surface area contributed by atoms with E-state index in [0.717, 1.165) is 36.2 Å². The minimum atomic E-state index is -0.427. The number of amides is 1. The standard InChI is InChI=1S/C16H23BrN2O2/c1-16(2,3)21-15(20)19-8-7-12(11-19)10-18-14-6-4-5-13(17)9-14/h4-6,9,12,18H,7-8,10-11H2,1-3H3/t12-/m0/s1. The summed E-state index contributed by atoms with van der Waals surface area (Å²) < 4.78 is 6.47. The van der Waals surface area contributed by atoms with Gasteiger partial charge < -0.3 is 15.0 Å². The van der Waals surface area contributed by atoms with Crippen LogP contribution in [0, 0.1) is 5.92 Å². The van der Waals surface area contributed by atoms with Crippen molar-refractivity contribution in [2.75, 3.05) is 25.0 Å². The molecular weight excluding hydrogens is 332 g/mol. The summed E-state index contributed by atoms with van der Waals surface area (Å²) in [7, 11) is 0. The van der Waals surface area contributed by atoms with Crippen LogP contribution in [-0.4, -0.2) is 36.2 Å². The number of carbonyl (C=O) groups excluding carboxylic acids is 1. The highest BCUT2D eigenvalue weighted by Gasteiger charge is 2.29. The molecule has 0 spiro atoms. The van der Waals surface area contributed by atoms with Crippen molar-refractivity contribution in [3.63, 3.8) is 0 Å². The predicted octanol–water partition coefficient (Wildman–Crippen LogP) is 4.12. The van der Waals surface area contributed by atoms with Crippen molar-refractivity contribution in [1.29, 1.82) is 0 Å². The summed E-state index contributed by atoms with van der Waals surface area (Å²) in [6, 6.07) is 8.12. The Hall–Kier alpha value is -1.23. The number of anilines is 1. The first-order valence-corrected chi connectivity index (χ1v) is 8.10. The Morgan fingerprint density at radius 1 is 1.48 bits per heavy atom. The van der Waals surface area contributed by atoms with Crippen molar-refractivity contribution < 1.29 is 9.53 Å². The van der Waals surface area contributed by atoms with E-state index in [1.165, 1.54) is 0 Å². The molecule has 0 radical (unpaired) electrons. The van der Waals surface area contributed by atoms with Crippen LogP contribution in [0.25, 0.3) is 0 Å². The van der Waals surface area contributed by atoms with Crippen LogP contribution in [0.4, 0.5) is 10.5 Å².